The van der Waals surface area contributed by atoms with Crippen molar-refractivity contribution < 1.29 is 14.3 Å². The Labute approximate surface area is 150 Å². The van der Waals surface area contributed by atoms with Crippen molar-refractivity contribution in [2.45, 2.75) is 13.3 Å². The van der Waals surface area contributed by atoms with Gasteiger partial charge in [-0.1, -0.05) is 15.9 Å². The SMILES string of the molecule is Cc1cnc(Br)cc1NC(=O)Cc1cc2c(cc1Br)OCCO2. The zero-order valence-corrected chi connectivity index (χ0v) is 15.5. The minimum atomic E-state index is -0.108. The summed E-state index contributed by atoms with van der Waals surface area (Å²) in [6, 6.07) is 5.46. The van der Waals surface area contributed by atoms with Crippen LogP contribution in [0.15, 0.2) is 33.5 Å². The molecule has 7 heteroatoms. The van der Waals surface area contributed by atoms with Crippen molar-refractivity contribution in [1.82, 2.24) is 4.98 Å². The van der Waals surface area contributed by atoms with E-state index in [0.29, 0.717) is 29.3 Å². The number of aromatic nitrogens is 1. The van der Waals surface area contributed by atoms with Gasteiger partial charge in [0.1, 0.15) is 17.8 Å². The summed E-state index contributed by atoms with van der Waals surface area (Å²) in [6.45, 7) is 2.95. The number of nitrogens with zero attached hydrogens (tertiary/aromatic N) is 1. The minimum Gasteiger partial charge on any atom is -0.486 e. The van der Waals surface area contributed by atoms with Gasteiger partial charge in [-0.15, -0.1) is 0 Å². The quantitative estimate of drug-likeness (QED) is 0.734. The van der Waals surface area contributed by atoms with Gasteiger partial charge in [0.05, 0.1) is 6.42 Å². The van der Waals surface area contributed by atoms with E-state index in [1.165, 1.54) is 0 Å². The van der Waals surface area contributed by atoms with Crippen LogP contribution in [0.4, 0.5) is 5.69 Å². The number of ether oxygens (including phenoxy) is 2. The van der Waals surface area contributed by atoms with E-state index in [1.54, 1.807) is 12.3 Å². The van der Waals surface area contributed by atoms with E-state index in [9.17, 15) is 4.79 Å². The average Bonchev–Trinajstić information content (AvgIpc) is 2.51. The van der Waals surface area contributed by atoms with Crippen LogP contribution in [0.1, 0.15) is 11.1 Å². The summed E-state index contributed by atoms with van der Waals surface area (Å²) in [5.74, 6) is 1.26. The third-order valence-corrected chi connectivity index (χ3v) is 4.58. The number of rotatable bonds is 3. The zero-order valence-electron chi connectivity index (χ0n) is 12.4. The number of benzene rings is 1. The molecule has 1 amide bonds. The summed E-state index contributed by atoms with van der Waals surface area (Å²) in [7, 11) is 0. The van der Waals surface area contributed by atoms with Crippen LogP contribution in [0.25, 0.3) is 0 Å². The third-order valence-electron chi connectivity index (χ3n) is 3.41. The van der Waals surface area contributed by atoms with Crippen molar-refractivity contribution in [1.29, 1.82) is 0 Å². The molecule has 1 aliphatic heterocycles. The van der Waals surface area contributed by atoms with Gasteiger partial charge in [0.25, 0.3) is 0 Å². The molecule has 3 rings (SSSR count). The summed E-state index contributed by atoms with van der Waals surface area (Å²) in [4.78, 5) is 16.4. The Morgan fingerprint density at radius 2 is 1.91 bits per heavy atom. The number of carbonyl (C=O) groups is 1. The molecule has 0 spiro atoms. The lowest BCUT2D eigenvalue weighted by molar-refractivity contribution is -0.115. The van der Waals surface area contributed by atoms with E-state index in [4.69, 9.17) is 9.47 Å². The summed E-state index contributed by atoms with van der Waals surface area (Å²) in [5, 5.41) is 2.90. The minimum absolute atomic E-state index is 0.108. The van der Waals surface area contributed by atoms with Gasteiger partial charge in [-0.05, 0) is 52.2 Å². The van der Waals surface area contributed by atoms with Gasteiger partial charge in [-0.2, -0.15) is 0 Å². The van der Waals surface area contributed by atoms with E-state index in [2.05, 4.69) is 42.2 Å². The van der Waals surface area contributed by atoms with Gasteiger partial charge < -0.3 is 14.8 Å². The molecule has 0 radical (unpaired) electrons. The number of amides is 1. The predicted molar refractivity (Wildman–Crippen MR) is 94.1 cm³/mol. The van der Waals surface area contributed by atoms with Gasteiger partial charge in [0, 0.05) is 16.4 Å². The first-order valence-electron chi connectivity index (χ1n) is 7.03. The normalized spacial score (nSPS) is 12.8. The molecule has 2 aromatic rings. The molecule has 5 nitrogen and oxygen atoms in total. The van der Waals surface area contributed by atoms with E-state index < -0.39 is 0 Å². The first kappa shape index (κ1) is 16.3. The van der Waals surface area contributed by atoms with Gasteiger partial charge in [-0.3, -0.25) is 4.79 Å². The smallest absolute Gasteiger partial charge is 0.228 e. The van der Waals surface area contributed by atoms with Crippen LogP contribution in [0, 0.1) is 6.92 Å². The highest BCUT2D eigenvalue weighted by Crippen LogP contribution is 2.35. The van der Waals surface area contributed by atoms with Crippen molar-refractivity contribution in [3.05, 3.63) is 44.6 Å². The standard InChI is InChI=1S/C16H14Br2N2O3/c1-9-8-19-15(18)7-12(9)20-16(21)5-10-4-13-14(6-11(10)17)23-3-2-22-13/h4,6-8H,2-3,5H2,1H3,(H,19,20,21). The van der Waals surface area contributed by atoms with Crippen LogP contribution in [0.2, 0.25) is 0 Å². The number of hydrogen-bond acceptors (Lipinski definition) is 4. The molecule has 2 heterocycles. The van der Waals surface area contributed by atoms with Crippen molar-refractivity contribution in [3.8, 4) is 11.5 Å². The van der Waals surface area contributed by atoms with Gasteiger partial charge in [-0.25, -0.2) is 4.98 Å². The molecule has 0 fully saturated rings. The molecule has 0 saturated carbocycles. The largest absolute Gasteiger partial charge is 0.486 e. The Morgan fingerprint density at radius 3 is 2.65 bits per heavy atom. The topological polar surface area (TPSA) is 60.5 Å². The monoisotopic (exact) mass is 440 g/mol. The number of fused-ring (bicyclic) bond motifs is 1. The first-order valence-corrected chi connectivity index (χ1v) is 8.61. The summed E-state index contributed by atoms with van der Waals surface area (Å²) in [5.41, 5.74) is 2.49. The Morgan fingerprint density at radius 1 is 1.22 bits per heavy atom. The predicted octanol–water partition coefficient (Wildman–Crippen LogP) is 3.87. The molecule has 0 bridgehead atoms. The molecule has 1 aromatic carbocycles. The molecule has 23 heavy (non-hydrogen) atoms. The van der Waals surface area contributed by atoms with Crippen LogP contribution >= 0.6 is 31.9 Å². The molecule has 0 atom stereocenters. The number of nitrogens with one attached hydrogen (secondary N) is 1. The number of hydrogen-bond donors (Lipinski definition) is 1. The van der Waals surface area contributed by atoms with Crippen molar-refractivity contribution in [2.24, 2.45) is 0 Å². The molecule has 1 aromatic heterocycles. The van der Waals surface area contributed by atoms with Crippen molar-refractivity contribution >= 4 is 43.5 Å². The van der Waals surface area contributed by atoms with E-state index >= 15 is 0 Å². The van der Waals surface area contributed by atoms with Gasteiger partial charge in [0.2, 0.25) is 5.91 Å². The lowest BCUT2D eigenvalue weighted by Crippen LogP contribution is -2.18. The van der Waals surface area contributed by atoms with Gasteiger partial charge in [0.15, 0.2) is 11.5 Å². The number of halogens is 2. The maximum Gasteiger partial charge on any atom is 0.228 e. The fraction of sp³-hybridized carbons (Fsp3) is 0.250. The highest BCUT2D eigenvalue weighted by Gasteiger charge is 2.17. The molecule has 0 saturated heterocycles. The first-order chi connectivity index (χ1) is 11.0. The van der Waals surface area contributed by atoms with Crippen LogP contribution in [-0.4, -0.2) is 24.1 Å². The fourth-order valence-corrected chi connectivity index (χ4v) is 3.04. The summed E-state index contributed by atoms with van der Waals surface area (Å²) < 4.78 is 12.6. The second-order valence-electron chi connectivity index (χ2n) is 5.13. The maximum atomic E-state index is 12.3. The lowest BCUT2D eigenvalue weighted by atomic mass is 10.1. The number of pyridine rings is 1. The lowest BCUT2D eigenvalue weighted by Gasteiger charge is -2.20. The van der Waals surface area contributed by atoms with Crippen LogP contribution in [0.3, 0.4) is 0 Å². The van der Waals surface area contributed by atoms with Gasteiger partial charge >= 0.3 is 0 Å². The zero-order chi connectivity index (χ0) is 16.4. The Kier molecular flexibility index (Phi) is 4.87. The number of aryl methyl sites for hydroxylation is 1. The molecule has 1 N–H and O–H groups in total. The second-order valence-corrected chi connectivity index (χ2v) is 6.80. The van der Waals surface area contributed by atoms with E-state index in [0.717, 1.165) is 21.3 Å². The average molecular weight is 442 g/mol. The third kappa shape index (κ3) is 3.84. The van der Waals surface area contributed by atoms with E-state index in [-0.39, 0.29) is 12.3 Å². The second kappa shape index (κ2) is 6.88. The van der Waals surface area contributed by atoms with Crippen LogP contribution < -0.4 is 14.8 Å². The Balaban J connectivity index is 1.76. The Bertz CT molecular complexity index is 765. The molecule has 1 aliphatic rings. The molecular formula is C16H14Br2N2O3. The maximum absolute atomic E-state index is 12.3. The van der Waals surface area contributed by atoms with Crippen LogP contribution in [-0.2, 0) is 11.2 Å². The highest BCUT2D eigenvalue weighted by atomic mass is 79.9. The Hall–Kier alpha value is -1.60. The van der Waals surface area contributed by atoms with Crippen molar-refractivity contribution in [3.63, 3.8) is 0 Å². The van der Waals surface area contributed by atoms with E-state index in [1.807, 2.05) is 19.1 Å². The van der Waals surface area contributed by atoms with Crippen molar-refractivity contribution in [2.75, 3.05) is 18.5 Å². The molecule has 0 unspecified atom stereocenters. The molecule has 0 aliphatic carbocycles. The summed E-state index contributed by atoms with van der Waals surface area (Å²) in [6.07, 6.45) is 1.94. The highest BCUT2D eigenvalue weighted by molar-refractivity contribution is 9.10. The number of anilines is 1. The molecular weight excluding hydrogens is 428 g/mol. The number of carbonyl (C=O) groups excluding carboxylic acids is 1. The molecule has 120 valence electrons. The summed E-state index contributed by atoms with van der Waals surface area (Å²) >= 11 is 6.79. The fourth-order valence-electron chi connectivity index (χ4n) is 2.24. The van der Waals surface area contributed by atoms with Crippen LogP contribution in [0.5, 0.6) is 11.5 Å².